The standard InChI is InChI=1S/C21H16BrClFNO3/c1-27-20-8-5-13(21(26)25-19-7-6-15(22)10-18(19)24)9-14(20)12-28-17-4-2-3-16(23)11-17/h2-11H,12H2,1H3,(H,25,26). The van der Waals surface area contributed by atoms with Gasteiger partial charge < -0.3 is 14.8 Å². The van der Waals surface area contributed by atoms with Crippen molar-refractivity contribution in [3.63, 3.8) is 0 Å². The van der Waals surface area contributed by atoms with Crippen molar-refractivity contribution >= 4 is 39.1 Å². The zero-order valence-corrected chi connectivity index (χ0v) is 17.2. The third-order valence-electron chi connectivity index (χ3n) is 3.91. The van der Waals surface area contributed by atoms with Crippen LogP contribution in [-0.4, -0.2) is 13.0 Å². The molecule has 0 aliphatic carbocycles. The molecule has 0 saturated carbocycles. The van der Waals surface area contributed by atoms with Crippen molar-refractivity contribution in [2.24, 2.45) is 0 Å². The molecule has 144 valence electrons. The van der Waals surface area contributed by atoms with E-state index in [1.165, 1.54) is 19.2 Å². The number of methoxy groups -OCH3 is 1. The van der Waals surface area contributed by atoms with Gasteiger partial charge in [0.2, 0.25) is 0 Å². The minimum Gasteiger partial charge on any atom is -0.496 e. The molecule has 0 atom stereocenters. The molecule has 0 aliphatic heterocycles. The molecule has 0 unspecified atom stereocenters. The van der Waals surface area contributed by atoms with Crippen molar-refractivity contribution in [1.29, 1.82) is 0 Å². The lowest BCUT2D eigenvalue weighted by molar-refractivity contribution is 0.102. The van der Waals surface area contributed by atoms with Crippen LogP contribution in [0.1, 0.15) is 15.9 Å². The van der Waals surface area contributed by atoms with Gasteiger partial charge in [-0.3, -0.25) is 4.79 Å². The highest BCUT2D eigenvalue weighted by atomic mass is 79.9. The molecule has 0 aliphatic rings. The minimum atomic E-state index is -0.527. The van der Waals surface area contributed by atoms with E-state index >= 15 is 0 Å². The monoisotopic (exact) mass is 463 g/mol. The smallest absolute Gasteiger partial charge is 0.255 e. The fraction of sp³-hybridized carbons (Fsp3) is 0.0952. The Bertz CT molecular complexity index is 1010. The summed E-state index contributed by atoms with van der Waals surface area (Å²) >= 11 is 9.15. The van der Waals surface area contributed by atoms with Gasteiger partial charge >= 0.3 is 0 Å². The Morgan fingerprint density at radius 3 is 2.68 bits per heavy atom. The van der Waals surface area contributed by atoms with Gasteiger partial charge in [0.1, 0.15) is 23.9 Å². The van der Waals surface area contributed by atoms with Crippen LogP contribution in [0.25, 0.3) is 0 Å². The van der Waals surface area contributed by atoms with E-state index in [0.717, 1.165) is 0 Å². The summed E-state index contributed by atoms with van der Waals surface area (Å²) in [5.41, 5.74) is 1.12. The third kappa shape index (κ3) is 5.03. The summed E-state index contributed by atoms with van der Waals surface area (Å²) in [5, 5.41) is 3.13. The highest BCUT2D eigenvalue weighted by molar-refractivity contribution is 9.10. The van der Waals surface area contributed by atoms with Crippen LogP contribution in [0.4, 0.5) is 10.1 Å². The fourth-order valence-corrected chi connectivity index (χ4v) is 3.05. The molecule has 0 aromatic heterocycles. The molecule has 0 heterocycles. The number of carbonyl (C=O) groups is 1. The predicted octanol–water partition coefficient (Wildman–Crippen LogP) is 6.08. The minimum absolute atomic E-state index is 0.0979. The number of benzene rings is 3. The van der Waals surface area contributed by atoms with Gasteiger partial charge in [-0.2, -0.15) is 0 Å². The van der Waals surface area contributed by atoms with Gasteiger partial charge in [0.15, 0.2) is 0 Å². The number of hydrogen-bond donors (Lipinski definition) is 1. The summed E-state index contributed by atoms with van der Waals surface area (Å²) in [6.45, 7) is 0.178. The van der Waals surface area contributed by atoms with Gasteiger partial charge in [-0.05, 0) is 54.6 Å². The number of halogens is 3. The van der Waals surface area contributed by atoms with Gasteiger partial charge in [-0.15, -0.1) is 0 Å². The van der Waals surface area contributed by atoms with Crippen LogP contribution < -0.4 is 14.8 Å². The fourth-order valence-electron chi connectivity index (χ4n) is 2.54. The van der Waals surface area contributed by atoms with Gasteiger partial charge in [-0.1, -0.05) is 33.6 Å². The Hall–Kier alpha value is -2.57. The summed E-state index contributed by atoms with van der Waals surface area (Å²) in [4.78, 5) is 12.5. The van der Waals surface area contributed by atoms with Crippen molar-refractivity contribution < 1.29 is 18.7 Å². The molecule has 0 saturated heterocycles. The molecule has 0 bridgehead atoms. The maximum atomic E-state index is 14.0. The molecule has 0 spiro atoms. The maximum Gasteiger partial charge on any atom is 0.255 e. The van der Waals surface area contributed by atoms with Crippen LogP contribution in [0.5, 0.6) is 11.5 Å². The number of rotatable bonds is 6. The zero-order chi connectivity index (χ0) is 20.1. The average Bonchev–Trinajstić information content (AvgIpc) is 2.68. The maximum absolute atomic E-state index is 14.0. The first-order valence-electron chi connectivity index (χ1n) is 8.28. The SMILES string of the molecule is COc1ccc(C(=O)Nc2ccc(Br)cc2F)cc1COc1cccc(Cl)c1. The Morgan fingerprint density at radius 2 is 1.96 bits per heavy atom. The summed E-state index contributed by atoms with van der Waals surface area (Å²) in [6.07, 6.45) is 0. The van der Waals surface area contributed by atoms with Gasteiger partial charge in [0.05, 0.1) is 12.8 Å². The zero-order valence-electron chi connectivity index (χ0n) is 14.8. The van der Waals surface area contributed by atoms with E-state index in [0.29, 0.717) is 32.1 Å². The van der Waals surface area contributed by atoms with Crippen molar-refractivity contribution in [3.05, 3.63) is 87.1 Å². The van der Waals surface area contributed by atoms with E-state index in [1.54, 1.807) is 48.5 Å². The van der Waals surface area contributed by atoms with Crippen molar-refractivity contribution in [1.82, 2.24) is 0 Å². The van der Waals surface area contributed by atoms with E-state index in [-0.39, 0.29) is 12.3 Å². The summed E-state index contributed by atoms with van der Waals surface area (Å²) in [6, 6.07) is 16.4. The van der Waals surface area contributed by atoms with E-state index in [1.807, 2.05) is 0 Å². The molecule has 3 rings (SSSR count). The van der Waals surface area contributed by atoms with Crippen molar-refractivity contribution in [2.75, 3.05) is 12.4 Å². The Labute approximate surface area is 175 Å². The lowest BCUT2D eigenvalue weighted by atomic mass is 10.1. The van der Waals surface area contributed by atoms with Gasteiger partial charge in [0, 0.05) is 20.6 Å². The van der Waals surface area contributed by atoms with Crippen LogP contribution >= 0.6 is 27.5 Å². The predicted molar refractivity (Wildman–Crippen MR) is 111 cm³/mol. The number of anilines is 1. The highest BCUT2D eigenvalue weighted by Gasteiger charge is 2.13. The Kier molecular flexibility index (Phi) is 6.54. The van der Waals surface area contributed by atoms with Crippen LogP contribution in [-0.2, 0) is 6.61 Å². The normalized spacial score (nSPS) is 10.4. The number of nitrogens with one attached hydrogen (secondary N) is 1. The molecule has 0 fully saturated rings. The lowest BCUT2D eigenvalue weighted by Crippen LogP contribution is -2.14. The molecular formula is C21H16BrClFNO3. The van der Waals surface area contributed by atoms with Crippen LogP contribution in [0.2, 0.25) is 5.02 Å². The molecule has 7 heteroatoms. The first kappa shape index (κ1) is 20.2. The van der Waals surface area contributed by atoms with E-state index in [2.05, 4.69) is 21.2 Å². The van der Waals surface area contributed by atoms with E-state index < -0.39 is 11.7 Å². The quantitative estimate of drug-likeness (QED) is 0.481. The third-order valence-corrected chi connectivity index (χ3v) is 4.64. The van der Waals surface area contributed by atoms with Crippen LogP contribution in [0, 0.1) is 5.82 Å². The van der Waals surface area contributed by atoms with Crippen LogP contribution in [0.3, 0.4) is 0 Å². The summed E-state index contributed by atoms with van der Waals surface area (Å²) in [7, 11) is 1.54. The highest BCUT2D eigenvalue weighted by Crippen LogP contribution is 2.25. The second-order valence-electron chi connectivity index (χ2n) is 5.85. The van der Waals surface area contributed by atoms with Crippen molar-refractivity contribution in [2.45, 2.75) is 6.61 Å². The molecule has 0 radical (unpaired) electrons. The molecule has 3 aromatic rings. The molecule has 1 amide bonds. The van der Waals surface area contributed by atoms with Gasteiger partial charge in [-0.25, -0.2) is 4.39 Å². The Balaban J connectivity index is 1.78. The van der Waals surface area contributed by atoms with E-state index in [9.17, 15) is 9.18 Å². The summed E-state index contributed by atoms with van der Waals surface area (Å²) in [5.74, 6) is 0.211. The Morgan fingerprint density at radius 1 is 1.14 bits per heavy atom. The second kappa shape index (κ2) is 9.08. The second-order valence-corrected chi connectivity index (χ2v) is 7.20. The summed E-state index contributed by atoms with van der Waals surface area (Å²) < 4.78 is 25.6. The van der Waals surface area contributed by atoms with Crippen LogP contribution in [0.15, 0.2) is 65.1 Å². The molecule has 28 heavy (non-hydrogen) atoms. The van der Waals surface area contributed by atoms with E-state index in [4.69, 9.17) is 21.1 Å². The molecule has 4 nitrogen and oxygen atoms in total. The number of carbonyl (C=O) groups excluding carboxylic acids is 1. The molecule has 1 N–H and O–H groups in total. The van der Waals surface area contributed by atoms with Crippen molar-refractivity contribution in [3.8, 4) is 11.5 Å². The topological polar surface area (TPSA) is 47.6 Å². The number of ether oxygens (including phenoxy) is 2. The largest absolute Gasteiger partial charge is 0.496 e. The lowest BCUT2D eigenvalue weighted by Gasteiger charge is -2.13. The molecule has 3 aromatic carbocycles. The number of hydrogen-bond acceptors (Lipinski definition) is 3. The van der Waals surface area contributed by atoms with Gasteiger partial charge in [0.25, 0.3) is 5.91 Å². The molecular weight excluding hydrogens is 449 g/mol. The first-order valence-corrected chi connectivity index (χ1v) is 9.45. The first-order chi connectivity index (χ1) is 13.5. The average molecular weight is 465 g/mol. The number of amides is 1.